The molecule has 0 nitrogen and oxygen atoms in total. The third-order valence-corrected chi connectivity index (χ3v) is 108. The predicted octanol–water partition coefficient (Wildman–Crippen LogP) is 24.7. The van der Waals surface area contributed by atoms with Gasteiger partial charge in [0.05, 0.1) is 0 Å². The van der Waals surface area contributed by atoms with E-state index in [0.717, 1.165) is 0 Å². The van der Waals surface area contributed by atoms with Gasteiger partial charge in [-0.05, 0) is 0 Å². The van der Waals surface area contributed by atoms with Gasteiger partial charge in [-0.15, -0.1) is 0 Å². The Bertz CT molecular complexity index is 3970. The summed E-state index contributed by atoms with van der Waals surface area (Å²) in [7, 11) is -22.9. The summed E-state index contributed by atoms with van der Waals surface area (Å²) in [5.41, 5.74) is 21.4. The zero-order valence-electron chi connectivity index (χ0n) is 70.6. The second-order valence-corrected chi connectivity index (χ2v) is 131. The molecule has 0 amide bonds. The Balaban J connectivity index is 1.45. The van der Waals surface area contributed by atoms with Gasteiger partial charge in [-0.1, -0.05) is 0 Å². The molecule has 0 aromatic heterocycles. The molecule has 5 heterocycles. The summed E-state index contributed by atoms with van der Waals surface area (Å²) in [5, 5.41) is 3.82. The van der Waals surface area contributed by atoms with Crippen LogP contribution in [0.4, 0.5) is 0 Å². The standard InChI is InChI=1S/C86H142Ge2Si12/c1-89(2,3)81(90(4,5)6)59-55-68(83(93(13,14)15)94(16,17)18)77(69(56-59)84(95(19,20)21)96(22,23)24)87-72-51-43-41-47-63(72)61-45-37-39-49-65(61)76(87)67-53-54-74(87)75-79-66-50-40-38-46-62(66)64-48-42-44-52-73(64)88(79,80(67)75)78-70(85(97(25,26)27)98(28,29)30)57-60(82(91(7,8)9)92(10,11)12)58-71(78)86(99(31,32)33)100(34,35)36/h37-58,67,74-76,79-86H,1-36H3/t67-,74-,75-,76-,79-,80-,87-,88+/m0/s1. The van der Waals surface area contributed by atoms with E-state index >= 15 is 0 Å². The van der Waals surface area contributed by atoms with Crippen LogP contribution in [-0.4, -0.2) is 123 Å². The number of benzene rings is 6. The third kappa shape index (κ3) is 13.1. The molecule has 100 heavy (non-hydrogen) atoms. The Hall–Kier alpha value is -1.25. The fourth-order valence-corrected chi connectivity index (χ4v) is 141. The molecule has 5 aliphatic heterocycles. The average Bonchev–Trinajstić information content (AvgIpc) is 0.625. The predicted molar refractivity (Wildman–Crippen MR) is 492 cm³/mol. The van der Waals surface area contributed by atoms with Crippen LogP contribution < -0.4 is 17.6 Å². The van der Waals surface area contributed by atoms with Crippen molar-refractivity contribution in [2.45, 2.75) is 286 Å². The minimum atomic E-state index is -4.14. The Kier molecular flexibility index (Phi) is 20.5. The SMILES string of the molecule is C[Si](C)(C)C(c1cc(C([Si](C)(C)C)[Si](C)(C)C)[c]([Ge@]23[c]4ccccc4-c4ccccc4[C@H]2[C@H]2[C@@H]3[C@H]3C=C[C@@H]2[Ge@@]2([c]4c(C([Si](C)(C)C)[Si](C)(C)C)cc(C([Si](C)(C)C)[Si](C)(C)C)cc4C([Si](C)(C)C)[Si](C)(C)C)[c]4ccccc4-c4ccccc4[C@@H]32)c(C([Si](C)(C)C)[Si](C)(C)C)c1)[Si](C)(C)C. The topological polar surface area (TPSA) is 0 Å². The van der Waals surface area contributed by atoms with E-state index in [-0.39, 0.29) is 0 Å². The van der Waals surface area contributed by atoms with E-state index < -0.39 is 123 Å². The van der Waals surface area contributed by atoms with Crippen LogP contribution in [0.1, 0.15) is 85.0 Å². The van der Waals surface area contributed by atoms with Crippen molar-refractivity contribution in [3.8, 4) is 22.3 Å². The first-order valence-corrected chi connectivity index (χ1v) is 91.7. The van der Waals surface area contributed by atoms with Crippen molar-refractivity contribution in [3.05, 3.63) is 178 Å². The van der Waals surface area contributed by atoms with Crippen molar-refractivity contribution < 1.29 is 0 Å². The molecule has 2 saturated heterocycles. The molecule has 542 valence electrons. The number of hydrogen-bond donors (Lipinski definition) is 0. The average molecular weight is 1660 g/mol. The van der Waals surface area contributed by atoms with Crippen LogP contribution in [0.2, 0.25) is 245 Å². The Morgan fingerprint density at radius 3 is 0.810 bits per heavy atom. The van der Waals surface area contributed by atoms with E-state index in [9.17, 15) is 0 Å². The Labute approximate surface area is 632 Å². The van der Waals surface area contributed by atoms with Crippen LogP contribution in [0.25, 0.3) is 22.3 Å². The van der Waals surface area contributed by atoms with Gasteiger partial charge in [0.1, 0.15) is 0 Å². The van der Waals surface area contributed by atoms with E-state index in [4.69, 9.17) is 0 Å². The molecule has 6 aromatic rings. The summed E-state index contributed by atoms with van der Waals surface area (Å²) >= 11 is -8.17. The molecule has 8 atom stereocenters. The first kappa shape index (κ1) is 79.8. The van der Waals surface area contributed by atoms with Crippen LogP contribution >= 0.6 is 0 Å². The van der Waals surface area contributed by atoms with Gasteiger partial charge in [0.25, 0.3) is 0 Å². The van der Waals surface area contributed by atoms with Crippen LogP contribution in [0, 0.1) is 11.8 Å². The molecule has 14 heteroatoms. The molecule has 0 N–H and O–H groups in total. The molecule has 0 radical (unpaired) electrons. The summed E-state index contributed by atoms with van der Waals surface area (Å²) in [6.45, 7) is 102. The third-order valence-electron chi connectivity index (χ3n) is 26.1. The number of hydrogen-bond acceptors (Lipinski definition) is 0. The van der Waals surface area contributed by atoms with Gasteiger partial charge in [-0.25, -0.2) is 0 Å². The molecule has 2 fully saturated rings. The molecule has 6 aliphatic rings. The van der Waals surface area contributed by atoms with Gasteiger partial charge in [0.15, 0.2) is 0 Å². The Morgan fingerprint density at radius 1 is 0.260 bits per heavy atom. The summed E-state index contributed by atoms with van der Waals surface area (Å²) in [6, 6.07) is 54.8. The normalized spacial score (nSPS) is 23.6. The van der Waals surface area contributed by atoms with Crippen LogP contribution in [0.15, 0.2) is 133 Å². The van der Waals surface area contributed by atoms with Gasteiger partial charge in [-0.3, -0.25) is 0 Å². The van der Waals surface area contributed by atoms with E-state index in [0.29, 0.717) is 61.8 Å². The molecule has 1 aliphatic carbocycles. The van der Waals surface area contributed by atoms with Crippen LogP contribution in [-0.2, 0) is 0 Å². The first-order chi connectivity index (χ1) is 45.3. The number of rotatable bonds is 20. The van der Waals surface area contributed by atoms with Crippen molar-refractivity contribution >= 4 is 141 Å². The van der Waals surface area contributed by atoms with Gasteiger partial charge in [-0.2, -0.15) is 0 Å². The molecular formula is C86H142Ge2Si12. The summed E-state index contributed by atoms with van der Waals surface area (Å²) in [4.78, 5) is 0. The van der Waals surface area contributed by atoms with E-state index in [1.165, 1.54) is 0 Å². The maximum absolute atomic E-state index is 4.14. The maximum atomic E-state index is 3.17. The molecule has 2 bridgehead atoms. The van der Waals surface area contributed by atoms with Gasteiger partial charge >= 0.3 is 639 Å². The number of fused-ring (bicyclic) bond motifs is 9. The quantitative estimate of drug-likeness (QED) is 0.0528. The second kappa shape index (κ2) is 25.7. The molecular weight excluding hydrogens is 1520 g/mol. The summed E-state index contributed by atoms with van der Waals surface area (Å²) < 4.78 is 9.98. The van der Waals surface area contributed by atoms with Gasteiger partial charge in [0, 0.05) is 0 Å². The zero-order valence-corrected chi connectivity index (χ0v) is 86.8. The van der Waals surface area contributed by atoms with Crippen molar-refractivity contribution in [1.82, 2.24) is 0 Å². The van der Waals surface area contributed by atoms with Crippen LogP contribution in [0.3, 0.4) is 0 Å². The molecule has 12 rings (SSSR count). The molecule has 0 spiro atoms. The monoisotopic (exact) mass is 1660 g/mol. The van der Waals surface area contributed by atoms with E-state index in [1.54, 1.807) is 44.5 Å². The van der Waals surface area contributed by atoms with Crippen molar-refractivity contribution in [2.24, 2.45) is 11.8 Å². The van der Waals surface area contributed by atoms with E-state index in [1.807, 2.05) is 31.0 Å². The minimum absolute atomic E-state index is 0.428. The van der Waals surface area contributed by atoms with Gasteiger partial charge in [0.2, 0.25) is 0 Å². The fourth-order valence-electron chi connectivity index (χ4n) is 27.5. The van der Waals surface area contributed by atoms with Crippen molar-refractivity contribution in [2.75, 3.05) is 0 Å². The fraction of sp³-hybridized carbons (Fsp3) is 0.558. The molecule has 6 aromatic carbocycles. The van der Waals surface area contributed by atoms with Crippen molar-refractivity contribution in [3.63, 3.8) is 0 Å². The van der Waals surface area contributed by atoms with Gasteiger partial charge < -0.3 is 0 Å². The first-order valence-electron chi connectivity index (χ1n) is 39.7. The summed E-state index contributed by atoms with van der Waals surface area (Å²) in [5.74, 6) is 0.981. The summed E-state index contributed by atoms with van der Waals surface area (Å²) in [6.07, 6.45) is 6.24. The zero-order chi connectivity index (χ0) is 74.7. The number of allylic oxidation sites excluding steroid dienone is 2. The van der Waals surface area contributed by atoms with Crippen LogP contribution in [0.5, 0.6) is 0 Å². The molecule has 0 unspecified atom stereocenters. The second-order valence-electron chi connectivity index (χ2n) is 46.7. The van der Waals surface area contributed by atoms with E-state index in [2.05, 4.69) is 378 Å². The Morgan fingerprint density at radius 2 is 0.510 bits per heavy atom. The van der Waals surface area contributed by atoms with Crippen molar-refractivity contribution in [1.29, 1.82) is 0 Å². The molecule has 0 saturated carbocycles.